The van der Waals surface area contributed by atoms with Crippen molar-refractivity contribution in [2.75, 3.05) is 6.61 Å². The number of aromatic nitrogens is 1. The molecule has 172 valence electrons. The lowest BCUT2D eigenvalue weighted by atomic mass is 9.83. The van der Waals surface area contributed by atoms with E-state index >= 15 is 0 Å². The molecule has 0 fully saturated rings. The van der Waals surface area contributed by atoms with Crippen LogP contribution in [0.5, 0.6) is 0 Å². The van der Waals surface area contributed by atoms with Crippen LogP contribution in [0.4, 0.5) is 0 Å². The molecule has 0 bridgehead atoms. The first-order valence-electron chi connectivity index (χ1n) is 11.5. The van der Waals surface area contributed by atoms with Gasteiger partial charge in [0.15, 0.2) is 5.96 Å². The van der Waals surface area contributed by atoms with Gasteiger partial charge in [0, 0.05) is 11.4 Å². The highest BCUT2D eigenvalue weighted by molar-refractivity contribution is 6.07. The molecule has 0 aliphatic heterocycles. The Balaban J connectivity index is 1.96. The predicted octanol–water partition coefficient (Wildman–Crippen LogP) is 5.57. The summed E-state index contributed by atoms with van der Waals surface area (Å²) >= 11 is 0. The third-order valence-corrected chi connectivity index (χ3v) is 6.28. The van der Waals surface area contributed by atoms with E-state index in [2.05, 4.69) is 73.1 Å². The summed E-state index contributed by atoms with van der Waals surface area (Å²) in [7, 11) is 0. The zero-order valence-corrected chi connectivity index (χ0v) is 19.7. The zero-order chi connectivity index (χ0) is 23.7. The topological polar surface area (TPSA) is 93.1 Å². The average Bonchev–Trinajstić information content (AvgIpc) is 3.11. The van der Waals surface area contributed by atoms with Gasteiger partial charge in [-0.2, -0.15) is 0 Å². The summed E-state index contributed by atoms with van der Waals surface area (Å²) in [4.78, 5) is 13.0. The molecule has 0 saturated carbocycles. The molecule has 1 unspecified atom stereocenters. The molecule has 6 nitrogen and oxygen atoms in total. The van der Waals surface area contributed by atoms with Crippen LogP contribution in [0.3, 0.4) is 0 Å². The van der Waals surface area contributed by atoms with Crippen LogP contribution in [-0.4, -0.2) is 23.1 Å². The highest BCUT2D eigenvalue weighted by Crippen LogP contribution is 2.39. The van der Waals surface area contributed by atoms with E-state index in [4.69, 9.17) is 15.9 Å². The summed E-state index contributed by atoms with van der Waals surface area (Å²) in [5, 5.41) is 11.3. The third kappa shape index (κ3) is 4.13. The molecule has 3 aromatic rings. The zero-order valence-electron chi connectivity index (χ0n) is 19.7. The van der Waals surface area contributed by atoms with Gasteiger partial charge in [0.1, 0.15) is 0 Å². The Morgan fingerprint density at radius 1 is 1.30 bits per heavy atom. The van der Waals surface area contributed by atoms with Gasteiger partial charge in [0.05, 0.1) is 29.9 Å². The highest BCUT2D eigenvalue weighted by atomic mass is 16.5. The third-order valence-electron chi connectivity index (χ3n) is 6.28. The van der Waals surface area contributed by atoms with E-state index in [9.17, 15) is 4.79 Å². The number of ether oxygens (including phenoxy) is 1. The van der Waals surface area contributed by atoms with Crippen LogP contribution < -0.4 is 11.1 Å². The number of hydrogen-bond donors (Lipinski definition) is 3. The minimum Gasteiger partial charge on any atom is -0.462 e. The maximum absolute atomic E-state index is 13.0. The van der Waals surface area contributed by atoms with E-state index in [0.29, 0.717) is 18.1 Å². The van der Waals surface area contributed by atoms with Gasteiger partial charge in [0.2, 0.25) is 0 Å². The molecule has 1 aliphatic rings. The Hall–Kier alpha value is -3.54. The summed E-state index contributed by atoms with van der Waals surface area (Å²) < 4.78 is 7.56. The molecule has 6 heteroatoms. The smallest absolute Gasteiger partial charge is 0.340 e. The van der Waals surface area contributed by atoms with Crippen molar-refractivity contribution in [3.05, 3.63) is 64.9 Å². The van der Waals surface area contributed by atoms with Gasteiger partial charge >= 0.3 is 5.97 Å². The molecule has 4 N–H and O–H groups in total. The summed E-state index contributed by atoms with van der Waals surface area (Å²) in [6.07, 6.45) is 5.48. The minimum atomic E-state index is -0.356. The van der Waals surface area contributed by atoms with E-state index in [1.165, 1.54) is 16.7 Å². The van der Waals surface area contributed by atoms with Gasteiger partial charge < -0.3 is 20.4 Å². The Labute approximate surface area is 194 Å². The molecule has 4 rings (SSSR count). The van der Waals surface area contributed by atoms with Gasteiger partial charge in [-0.1, -0.05) is 49.4 Å². The molecular formula is C27H32N4O2. The molecule has 33 heavy (non-hydrogen) atoms. The fourth-order valence-electron chi connectivity index (χ4n) is 4.95. The lowest BCUT2D eigenvalue weighted by molar-refractivity contribution is 0.0527. The van der Waals surface area contributed by atoms with E-state index in [0.717, 1.165) is 28.6 Å². The first kappa shape index (κ1) is 22.6. The van der Waals surface area contributed by atoms with Crippen molar-refractivity contribution in [3.8, 4) is 11.1 Å². The number of esters is 1. The van der Waals surface area contributed by atoms with Crippen molar-refractivity contribution in [3.63, 3.8) is 0 Å². The van der Waals surface area contributed by atoms with Crippen LogP contribution in [0.25, 0.3) is 28.1 Å². The van der Waals surface area contributed by atoms with Crippen LogP contribution in [0.2, 0.25) is 0 Å². The number of nitrogens with two attached hydrogens (primary N) is 1. The normalized spacial score (nSPS) is 15.0. The van der Waals surface area contributed by atoms with Gasteiger partial charge in [-0.15, -0.1) is 0 Å². The molecule has 0 amide bonds. The maximum Gasteiger partial charge on any atom is 0.340 e. The monoisotopic (exact) mass is 444 g/mol. The summed E-state index contributed by atoms with van der Waals surface area (Å²) in [5.41, 5.74) is 12.8. The molecule has 1 aromatic heterocycles. The van der Waals surface area contributed by atoms with Gasteiger partial charge in [0.25, 0.3) is 0 Å². The molecule has 0 saturated heterocycles. The Morgan fingerprint density at radius 3 is 2.79 bits per heavy atom. The minimum absolute atomic E-state index is 0.0984. The van der Waals surface area contributed by atoms with Crippen molar-refractivity contribution in [1.82, 2.24) is 9.88 Å². The van der Waals surface area contributed by atoms with Gasteiger partial charge in [-0.3, -0.25) is 5.41 Å². The van der Waals surface area contributed by atoms with E-state index < -0.39 is 0 Å². The van der Waals surface area contributed by atoms with E-state index in [-0.39, 0.29) is 24.5 Å². The Kier molecular flexibility index (Phi) is 6.27. The van der Waals surface area contributed by atoms with Crippen molar-refractivity contribution in [2.24, 2.45) is 5.73 Å². The number of carbonyl (C=O) groups excluding carboxylic acids is 1. The van der Waals surface area contributed by atoms with E-state index in [1.54, 1.807) is 6.92 Å². The molecule has 0 radical (unpaired) electrons. The van der Waals surface area contributed by atoms with Crippen molar-refractivity contribution in [2.45, 2.75) is 52.6 Å². The second-order valence-corrected chi connectivity index (χ2v) is 8.85. The number of rotatable bonds is 6. The van der Waals surface area contributed by atoms with Crippen LogP contribution in [0, 0.1) is 5.41 Å². The largest absolute Gasteiger partial charge is 0.462 e. The number of nitrogens with one attached hydrogen (secondary N) is 2. The second-order valence-electron chi connectivity index (χ2n) is 8.85. The lowest BCUT2D eigenvalue weighted by Gasteiger charge is -2.22. The number of benzene rings is 2. The maximum atomic E-state index is 13.0. The fraction of sp³-hybridized carbons (Fsp3) is 0.333. The quantitative estimate of drug-likeness (QED) is 0.263. The van der Waals surface area contributed by atoms with Crippen LogP contribution >= 0.6 is 0 Å². The summed E-state index contributed by atoms with van der Waals surface area (Å²) in [5.74, 6) is -0.0472. The van der Waals surface area contributed by atoms with Crippen molar-refractivity contribution in [1.29, 1.82) is 5.41 Å². The molecule has 1 aliphatic carbocycles. The van der Waals surface area contributed by atoms with Crippen LogP contribution in [-0.2, 0) is 11.3 Å². The molecular weight excluding hydrogens is 412 g/mol. The fourth-order valence-corrected chi connectivity index (χ4v) is 4.95. The number of allylic oxidation sites excluding steroid dienone is 1. The first-order chi connectivity index (χ1) is 15.8. The lowest BCUT2D eigenvalue weighted by Crippen LogP contribution is -2.31. The summed E-state index contributed by atoms with van der Waals surface area (Å²) in [6, 6.07) is 12.9. The Morgan fingerprint density at radius 2 is 2.09 bits per heavy atom. The number of guanidine groups is 1. The van der Waals surface area contributed by atoms with Crippen LogP contribution in [0.15, 0.2) is 42.5 Å². The average molecular weight is 445 g/mol. The number of fused-ring (bicyclic) bond motifs is 2. The van der Waals surface area contributed by atoms with Crippen molar-refractivity contribution < 1.29 is 9.53 Å². The summed E-state index contributed by atoms with van der Waals surface area (Å²) in [6.45, 7) is 8.83. The highest BCUT2D eigenvalue weighted by Gasteiger charge is 2.26. The van der Waals surface area contributed by atoms with Gasteiger partial charge in [-0.05, 0) is 61.4 Å². The Bertz CT molecular complexity index is 1250. The SMILES string of the molecule is CCOC(=O)c1c(CNC(=N)N)n(C(C)C)c2cc(-c3cccc4c3C(C)CC=C4)ccc12. The molecule has 1 atom stereocenters. The van der Waals surface area contributed by atoms with Crippen molar-refractivity contribution >= 4 is 28.9 Å². The molecule has 1 heterocycles. The van der Waals surface area contributed by atoms with Crippen LogP contribution in [0.1, 0.15) is 73.3 Å². The first-order valence-corrected chi connectivity index (χ1v) is 11.5. The number of carbonyl (C=O) groups is 1. The standard InChI is InChI=1S/C27H32N4O2/c1-5-33-26(32)25-21-13-12-19(20-11-7-10-18-9-6-8-17(4)24(18)20)14-22(21)31(16(2)3)23(25)15-30-27(28)29/h6-7,9-14,16-17H,5,8,15H2,1-4H3,(H4,28,29,30). The number of hydrogen-bond acceptors (Lipinski definition) is 3. The molecule has 0 spiro atoms. The molecule has 2 aromatic carbocycles. The van der Waals surface area contributed by atoms with E-state index in [1.807, 2.05) is 6.07 Å². The number of nitrogens with zero attached hydrogens (tertiary/aromatic N) is 1. The van der Waals surface area contributed by atoms with Gasteiger partial charge in [-0.25, -0.2) is 4.79 Å². The second kappa shape index (κ2) is 9.14. The predicted molar refractivity (Wildman–Crippen MR) is 135 cm³/mol.